The molecule has 1 N–H and O–H groups in total. The van der Waals surface area contributed by atoms with Crippen molar-refractivity contribution in [1.29, 1.82) is 0 Å². The second-order valence-corrected chi connectivity index (χ2v) is 7.36. The molecular weight excluding hydrogens is 372 g/mol. The summed E-state index contributed by atoms with van der Waals surface area (Å²) in [7, 11) is 0. The van der Waals surface area contributed by atoms with Crippen molar-refractivity contribution in [2.75, 3.05) is 0 Å². The van der Waals surface area contributed by atoms with E-state index < -0.39 is 23.3 Å². The highest BCUT2D eigenvalue weighted by molar-refractivity contribution is 9.10. The number of halogens is 3. The van der Waals surface area contributed by atoms with Gasteiger partial charge in [-0.2, -0.15) is 0 Å². The Morgan fingerprint density at radius 3 is 2.65 bits per heavy atom. The number of ether oxygens (including phenoxy) is 2. The first-order valence-corrected chi connectivity index (χ1v) is 8.24. The normalized spacial score (nSPS) is 21.1. The molecular formula is C16H20BrF2NO3. The lowest BCUT2D eigenvalue weighted by molar-refractivity contribution is 0.0503. The Hall–Kier alpha value is -1.37. The molecule has 1 fully saturated rings. The first-order chi connectivity index (χ1) is 10.7. The number of carbonyl (C=O) groups is 1. The Labute approximate surface area is 142 Å². The van der Waals surface area contributed by atoms with Crippen molar-refractivity contribution < 1.29 is 23.0 Å². The number of rotatable bonds is 3. The second-order valence-electron chi connectivity index (χ2n) is 6.57. The lowest BCUT2D eigenvalue weighted by atomic mass is 10.2. The van der Waals surface area contributed by atoms with Gasteiger partial charge in [0.2, 0.25) is 0 Å². The number of nitrogens with one attached hydrogen (secondary N) is 1. The zero-order chi connectivity index (χ0) is 17.2. The maximum atomic E-state index is 13.5. The average Bonchev–Trinajstić information content (AvgIpc) is 2.84. The van der Waals surface area contributed by atoms with Crippen LogP contribution >= 0.6 is 15.9 Å². The van der Waals surface area contributed by atoms with Crippen LogP contribution in [0.15, 0.2) is 16.6 Å². The number of benzene rings is 1. The molecule has 2 rings (SSSR count). The SMILES string of the molecule is CC(C)(C)OC(=O)N[C@@H]1CC[C@@H](Oc2ccc(F)c(F)c2Br)C1. The van der Waals surface area contributed by atoms with Gasteiger partial charge in [-0.1, -0.05) is 0 Å². The monoisotopic (exact) mass is 391 g/mol. The molecule has 1 amide bonds. The summed E-state index contributed by atoms with van der Waals surface area (Å²) in [5, 5.41) is 2.80. The van der Waals surface area contributed by atoms with Gasteiger partial charge in [0.1, 0.15) is 17.5 Å². The van der Waals surface area contributed by atoms with E-state index in [1.807, 2.05) is 0 Å². The summed E-state index contributed by atoms with van der Waals surface area (Å²) >= 11 is 3.00. The summed E-state index contributed by atoms with van der Waals surface area (Å²) in [6.07, 6.45) is 1.41. The Morgan fingerprint density at radius 2 is 2.00 bits per heavy atom. The molecule has 0 heterocycles. The molecule has 7 heteroatoms. The van der Waals surface area contributed by atoms with Crippen LogP contribution in [0, 0.1) is 11.6 Å². The van der Waals surface area contributed by atoms with E-state index in [4.69, 9.17) is 9.47 Å². The van der Waals surface area contributed by atoms with Crippen molar-refractivity contribution >= 4 is 22.0 Å². The molecule has 1 aliphatic rings. The molecule has 0 bridgehead atoms. The van der Waals surface area contributed by atoms with Gasteiger partial charge >= 0.3 is 6.09 Å². The van der Waals surface area contributed by atoms with Crippen molar-refractivity contribution in [3.05, 3.63) is 28.2 Å². The zero-order valence-electron chi connectivity index (χ0n) is 13.3. The third kappa shape index (κ3) is 5.06. The van der Waals surface area contributed by atoms with Gasteiger partial charge in [-0.15, -0.1) is 0 Å². The molecule has 23 heavy (non-hydrogen) atoms. The lowest BCUT2D eigenvalue weighted by Gasteiger charge is -2.22. The first-order valence-electron chi connectivity index (χ1n) is 7.45. The van der Waals surface area contributed by atoms with Crippen LogP contribution in [0.1, 0.15) is 40.0 Å². The van der Waals surface area contributed by atoms with E-state index in [0.717, 1.165) is 12.5 Å². The molecule has 1 aromatic carbocycles. The highest BCUT2D eigenvalue weighted by atomic mass is 79.9. The van der Waals surface area contributed by atoms with E-state index in [-0.39, 0.29) is 22.4 Å². The number of alkyl carbamates (subject to hydrolysis) is 1. The number of hydrogen-bond donors (Lipinski definition) is 1. The molecule has 1 saturated carbocycles. The largest absolute Gasteiger partial charge is 0.489 e. The van der Waals surface area contributed by atoms with Gasteiger partial charge in [-0.05, 0) is 61.7 Å². The fourth-order valence-electron chi connectivity index (χ4n) is 2.43. The predicted molar refractivity (Wildman–Crippen MR) is 85.5 cm³/mol. The van der Waals surface area contributed by atoms with Crippen LogP contribution in [0.5, 0.6) is 5.75 Å². The van der Waals surface area contributed by atoms with Gasteiger partial charge in [0.15, 0.2) is 11.6 Å². The molecule has 1 aromatic rings. The topological polar surface area (TPSA) is 47.6 Å². The smallest absolute Gasteiger partial charge is 0.407 e. The summed E-state index contributed by atoms with van der Waals surface area (Å²) in [6, 6.07) is 2.36. The minimum absolute atomic E-state index is 0.0268. The molecule has 0 aliphatic heterocycles. The maximum absolute atomic E-state index is 13.5. The third-order valence-corrected chi connectivity index (χ3v) is 4.14. The predicted octanol–water partition coefficient (Wildman–Crippen LogP) is 4.55. The van der Waals surface area contributed by atoms with Gasteiger partial charge in [0.25, 0.3) is 0 Å². The molecule has 2 atom stereocenters. The number of amides is 1. The Balaban J connectivity index is 1.89. The molecule has 0 radical (unpaired) electrons. The van der Waals surface area contributed by atoms with Crippen molar-refractivity contribution in [3.8, 4) is 5.75 Å². The molecule has 0 saturated heterocycles. The van der Waals surface area contributed by atoms with Crippen molar-refractivity contribution in [2.24, 2.45) is 0 Å². The molecule has 4 nitrogen and oxygen atoms in total. The Bertz CT molecular complexity index is 589. The minimum atomic E-state index is -0.969. The fourth-order valence-corrected chi connectivity index (χ4v) is 2.85. The summed E-state index contributed by atoms with van der Waals surface area (Å²) in [4.78, 5) is 11.7. The van der Waals surface area contributed by atoms with Gasteiger partial charge in [-0.25, -0.2) is 13.6 Å². The van der Waals surface area contributed by atoms with Crippen molar-refractivity contribution in [2.45, 2.75) is 57.8 Å². The summed E-state index contributed by atoms with van der Waals surface area (Å²) in [5.74, 6) is -1.64. The number of hydrogen-bond acceptors (Lipinski definition) is 3. The Morgan fingerprint density at radius 1 is 1.30 bits per heavy atom. The summed E-state index contributed by atoms with van der Waals surface area (Å²) in [6.45, 7) is 5.40. The van der Waals surface area contributed by atoms with Crippen LogP contribution < -0.4 is 10.1 Å². The quantitative estimate of drug-likeness (QED) is 0.768. The second kappa shape index (κ2) is 7.03. The van der Waals surface area contributed by atoms with E-state index in [2.05, 4.69) is 21.2 Å². The van der Waals surface area contributed by atoms with E-state index >= 15 is 0 Å². The zero-order valence-corrected chi connectivity index (χ0v) is 14.9. The van der Waals surface area contributed by atoms with Crippen molar-refractivity contribution in [3.63, 3.8) is 0 Å². The fraction of sp³-hybridized carbons (Fsp3) is 0.562. The van der Waals surface area contributed by atoms with E-state index in [0.29, 0.717) is 12.8 Å². The highest BCUT2D eigenvalue weighted by Gasteiger charge is 2.29. The van der Waals surface area contributed by atoms with Crippen LogP contribution in [0.4, 0.5) is 13.6 Å². The lowest BCUT2D eigenvalue weighted by Crippen LogP contribution is -2.38. The molecule has 0 aromatic heterocycles. The van der Waals surface area contributed by atoms with Crippen LogP contribution in [0.2, 0.25) is 0 Å². The van der Waals surface area contributed by atoms with Crippen LogP contribution in [0.3, 0.4) is 0 Å². The minimum Gasteiger partial charge on any atom is -0.489 e. The summed E-state index contributed by atoms with van der Waals surface area (Å²) in [5.41, 5.74) is -0.547. The maximum Gasteiger partial charge on any atom is 0.407 e. The number of carbonyl (C=O) groups excluding carboxylic acids is 1. The van der Waals surface area contributed by atoms with Gasteiger partial charge in [0.05, 0.1) is 4.47 Å². The van der Waals surface area contributed by atoms with Gasteiger partial charge in [-0.3, -0.25) is 0 Å². The standard InChI is InChI=1S/C16H20BrF2NO3/c1-16(2,3)23-15(21)20-9-4-5-10(8-9)22-12-7-6-11(18)14(19)13(12)17/h6-7,9-10H,4-5,8H2,1-3H3,(H,20,21)/t9-,10-/m1/s1. The molecule has 0 spiro atoms. The van der Waals surface area contributed by atoms with Gasteiger partial charge in [0, 0.05) is 12.5 Å². The van der Waals surface area contributed by atoms with Crippen LogP contribution in [0.25, 0.3) is 0 Å². The van der Waals surface area contributed by atoms with Crippen molar-refractivity contribution in [1.82, 2.24) is 5.32 Å². The van der Waals surface area contributed by atoms with E-state index in [9.17, 15) is 13.6 Å². The molecule has 0 unspecified atom stereocenters. The van der Waals surface area contributed by atoms with E-state index in [1.54, 1.807) is 20.8 Å². The first kappa shape index (κ1) is 18.0. The molecule has 128 valence electrons. The highest BCUT2D eigenvalue weighted by Crippen LogP contribution is 2.33. The average molecular weight is 392 g/mol. The Kier molecular flexibility index (Phi) is 5.49. The van der Waals surface area contributed by atoms with E-state index in [1.165, 1.54) is 6.07 Å². The van der Waals surface area contributed by atoms with Gasteiger partial charge < -0.3 is 14.8 Å². The molecule has 1 aliphatic carbocycles. The van der Waals surface area contributed by atoms with Crippen LogP contribution in [-0.2, 0) is 4.74 Å². The summed E-state index contributed by atoms with van der Waals surface area (Å²) < 4.78 is 37.5. The van der Waals surface area contributed by atoms with Crippen LogP contribution in [-0.4, -0.2) is 23.8 Å². The third-order valence-electron chi connectivity index (χ3n) is 3.40.